The molecule has 0 amide bonds. The molecule has 202 valence electrons. The Bertz CT molecular complexity index is 1310. The van der Waals surface area contributed by atoms with Gasteiger partial charge in [-0.05, 0) is 20.3 Å². The number of pyridine rings is 1. The first kappa shape index (κ1) is 28.4. The van der Waals surface area contributed by atoms with E-state index in [4.69, 9.17) is 9.26 Å². The molecular formula is C19H24F4N3O9P. The lowest BCUT2D eigenvalue weighted by molar-refractivity contribution is -0.143. The van der Waals surface area contributed by atoms with Gasteiger partial charge in [0.15, 0.2) is 23.6 Å². The van der Waals surface area contributed by atoms with E-state index in [1.807, 2.05) is 0 Å². The minimum Gasteiger partial charge on any atom is -0.388 e. The number of aliphatic hydroxyl groups is 3. The fourth-order valence-electron chi connectivity index (χ4n) is 3.70. The fourth-order valence-corrected chi connectivity index (χ4v) is 4.69. The summed E-state index contributed by atoms with van der Waals surface area (Å²) in [4.78, 5) is 39.5. The molecule has 36 heavy (non-hydrogen) atoms. The topological polar surface area (TPSA) is 184 Å². The van der Waals surface area contributed by atoms with Crippen LogP contribution in [0.15, 0.2) is 15.8 Å². The Balaban J connectivity index is 1.98. The molecular weight excluding hydrogens is 521 g/mol. The fraction of sp³-hybridized carbons (Fsp3) is 0.632. The van der Waals surface area contributed by atoms with Gasteiger partial charge >= 0.3 is 19.5 Å². The van der Waals surface area contributed by atoms with Crippen LogP contribution < -0.4 is 11.1 Å². The van der Waals surface area contributed by atoms with Gasteiger partial charge in [-0.2, -0.15) is 18.2 Å². The Hall–Kier alpha value is -2.20. The minimum atomic E-state index is -5.27. The smallest absolute Gasteiger partial charge is 0.388 e. The Morgan fingerprint density at radius 1 is 1.31 bits per heavy atom. The summed E-state index contributed by atoms with van der Waals surface area (Å²) in [7, 11) is -4.49. The van der Waals surface area contributed by atoms with Crippen molar-refractivity contribution in [3.05, 3.63) is 38.4 Å². The van der Waals surface area contributed by atoms with Crippen molar-refractivity contribution in [1.82, 2.24) is 14.5 Å². The first-order valence-electron chi connectivity index (χ1n) is 10.6. The molecule has 5 N–H and O–H groups in total. The van der Waals surface area contributed by atoms with Crippen LogP contribution in [0.25, 0.3) is 11.0 Å². The molecule has 0 bridgehead atoms. The molecule has 2 aromatic rings. The SMILES string of the molecule is CCC(C)(C[C@H]1O[C@@H](n2cc3c(=O)c(F)c(C(F)(F)F)[nH]c3nc2=O)[C@@H](O)C1O)OP(=O)(O)C(C)O. The van der Waals surface area contributed by atoms with E-state index in [0.717, 1.165) is 6.92 Å². The molecule has 12 nitrogen and oxygen atoms in total. The van der Waals surface area contributed by atoms with Crippen molar-refractivity contribution in [2.24, 2.45) is 0 Å². The van der Waals surface area contributed by atoms with Crippen molar-refractivity contribution >= 4 is 18.6 Å². The summed E-state index contributed by atoms with van der Waals surface area (Å²) in [6, 6.07) is 0. The molecule has 3 heterocycles. The number of nitrogens with one attached hydrogen (secondary N) is 1. The van der Waals surface area contributed by atoms with Crippen LogP contribution in [0.4, 0.5) is 17.6 Å². The maximum absolute atomic E-state index is 14.1. The predicted octanol–water partition coefficient (Wildman–Crippen LogP) is 0.961. The van der Waals surface area contributed by atoms with Crippen molar-refractivity contribution in [2.75, 3.05) is 0 Å². The second kappa shape index (κ2) is 9.59. The Morgan fingerprint density at radius 2 is 1.92 bits per heavy atom. The van der Waals surface area contributed by atoms with Gasteiger partial charge in [-0.1, -0.05) is 6.92 Å². The molecule has 1 aliphatic rings. The van der Waals surface area contributed by atoms with Gasteiger partial charge in [-0.3, -0.25) is 13.9 Å². The Morgan fingerprint density at radius 3 is 2.44 bits per heavy atom. The van der Waals surface area contributed by atoms with E-state index in [1.54, 1.807) is 11.9 Å². The summed E-state index contributed by atoms with van der Waals surface area (Å²) in [6.07, 6.45) is -11.4. The quantitative estimate of drug-likeness (QED) is 0.248. The van der Waals surface area contributed by atoms with Gasteiger partial charge in [0.05, 0.1) is 17.1 Å². The third-order valence-electron chi connectivity index (χ3n) is 5.96. The number of ether oxygens (including phenoxy) is 1. The lowest BCUT2D eigenvalue weighted by atomic mass is 9.93. The number of alkyl halides is 3. The summed E-state index contributed by atoms with van der Waals surface area (Å²) < 4.78 is 76.4. The molecule has 0 saturated carbocycles. The summed E-state index contributed by atoms with van der Waals surface area (Å²) >= 11 is 0. The van der Waals surface area contributed by atoms with Crippen LogP contribution >= 0.6 is 7.60 Å². The van der Waals surface area contributed by atoms with Crippen LogP contribution in [-0.4, -0.2) is 64.5 Å². The highest BCUT2D eigenvalue weighted by Gasteiger charge is 2.48. The first-order valence-corrected chi connectivity index (χ1v) is 12.2. The molecule has 1 fully saturated rings. The van der Waals surface area contributed by atoms with Crippen LogP contribution in [0, 0.1) is 5.82 Å². The zero-order valence-electron chi connectivity index (χ0n) is 19.1. The van der Waals surface area contributed by atoms with Gasteiger partial charge in [-0.15, -0.1) is 0 Å². The molecule has 3 rings (SSSR count). The molecule has 4 unspecified atom stereocenters. The maximum atomic E-state index is 14.1. The molecule has 2 aromatic heterocycles. The second-order valence-electron chi connectivity index (χ2n) is 8.68. The summed E-state index contributed by atoms with van der Waals surface area (Å²) in [6.45, 7) is 4.00. The number of aromatic nitrogens is 3. The van der Waals surface area contributed by atoms with E-state index in [2.05, 4.69) is 4.98 Å². The number of H-pyrrole nitrogens is 1. The number of hydrogen-bond donors (Lipinski definition) is 5. The van der Waals surface area contributed by atoms with Gasteiger partial charge < -0.3 is 34.5 Å². The number of aliphatic hydroxyl groups excluding tert-OH is 3. The van der Waals surface area contributed by atoms with E-state index in [1.165, 1.54) is 6.92 Å². The van der Waals surface area contributed by atoms with Gasteiger partial charge in [0.2, 0.25) is 5.43 Å². The summed E-state index contributed by atoms with van der Waals surface area (Å²) in [5.74, 6) is -3.88. The average Bonchev–Trinajstić information content (AvgIpc) is 3.02. The predicted molar refractivity (Wildman–Crippen MR) is 113 cm³/mol. The molecule has 0 radical (unpaired) electrons. The van der Waals surface area contributed by atoms with Gasteiger partial charge in [0.25, 0.3) is 0 Å². The third kappa shape index (κ3) is 5.25. The first-order chi connectivity index (χ1) is 16.4. The van der Waals surface area contributed by atoms with E-state index in [9.17, 15) is 51.9 Å². The van der Waals surface area contributed by atoms with Gasteiger partial charge in [-0.25, -0.2) is 9.18 Å². The monoisotopic (exact) mass is 545 g/mol. The summed E-state index contributed by atoms with van der Waals surface area (Å²) in [5, 5.41) is 29.7. The van der Waals surface area contributed by atoms with E-state index >= 15 is 0 Å². The number of nitrogens with zero attached hydrogens (tertiary/aromatic N) is 2. The standard InChI is InChI=1S/C19H24F4N3O9P/c1-4-18(3,35-36(32,33)7(2)27)5-9-12(29)13(30)16(34-9)26-6-8-11(28)10(20)14(19(21,22)23)24-15(8)25-17(26)31/h6-7,9,12-13,16,27,29-30H,4-5H2,1-3H3,(H,32,33)(H,24,25,31)/t7?,9-,12?,13+,16-,18?/m1/s1. The number of halogens is 4. The van der Waals surface area contributed by atoms with Crippen LogP contribution in [-0.2, 0) is 20.0 Å². The minimum absolute atomic E-state index is 0.0886. The van der Waals surface area contributed by atoms with Gasteiger partial charge in [0, 0.05) is 12.6 Å². The molecule has 7 atom stereocenters. The molecule has 0 aliphatic carbocycles. The molecule has 1 saturated heterocycles. The van der Waals surface area contributed by atoms with E-state index in [0.29, 0.717) is 10.8 Å². The number of fused-ring (bicyclic) bond motifs is 1. The highest BCUT2D eigenvalue weighted by Crippen LogP contribution is 2.52. The molecule has 1 aliphatic heterocycles. The molecule has 0 spiro atoms. The van der Waals surface area contributed by atoms with Crippen molar-refractivity contribution in [2.45, 2.75) is 75.8 Å². The second-order valence-corrected chi connectivity index (χ2v) is 10.7. The number of rotatable bonds is 7. The highest BCUT2D eigenvalue weighted by molar-refractivity contribution is 7.53. The van der Waals surface area contributed by atoms with Crippen molar-refractivity contribution in [3.63, 3.8) is 0 Å². The average molecular weight is 545 g/mol. The maximum Gasteiger partial charge on any atom is 0.434 e. The number of hydrogen-bond acceptors (Lipinski definition) is 9. The van der Waals surface area contributed by atoms with Crippen LogP contribution in [0.2, 0.25) is 0 Å². The summed E-state index contributed by atoms with van der Waals surface area (Å²) in [5.41, 5.74) is -7.34. The zero-order chi connectivity index (χ0) is 27.4. The van der Waals surface area contributed by atoms with E-state index in [-0.39, 0.29) is 12.8 Å². The normalized spacial score (nSPS) is 27.1. The van der Waals surface area contributed by atoms with Crippen LogP contribution in [0.3, 0.4) is 0 Å². The van der Waals surface area contributed by atoms with E-state index < -0.39 is 83.4 Å². The van der Waals surface area contributed by atoms with Crippen molar-refractivity contribution in [3.8, 4) is 0 Å². The van der Waals surface area contributed by atoms with Crippen molar-refractivity contribution in [1.29, 1.82) is 0 Å². The Labute approximate surface area is 199 Å². The molecule has 0 aromatic carbocycles. The third-order valence-corrected chi connectivity index (χ3v) is 7.60. The van der Waals surface area contributed by atoms with Gasteiger partial charge in [0.1, 0.15) is 17.9 Å². The Kier molecular flexibility index (Phi) is 7.56. The molecule has 17 heteroatoms. The number of aromatic amines is 1. The largest absolute Gasteiger partial charge is 0.434 e. The zero-order valence-corrected chi connectivity index (χ0v) is 20.0. The lowest BCUT2D eigenvalue weighted by Gasteiger charge is -2.34. The van der Waals surface area contributed by atoms with Crippen LogP contribution in [0.1, 0.15) is 45.5 Å². The van der Waals surface area contributed by atoms with Crippen molar-refractivity contribution < 1.29 is 51.6 Å². The van der Waals surface area contributed by atoms with Crippen LogP contribution in [0.5, 0.6) is 0 Å². The highest BCUT2D eigenvalue weighted by atomic mass is 31.2. The lowest BCUT2D eigenvalue weighted by Crippen LogP contribution is -2.39.